The second kappa shape index (κ2) is 7.10. The van der Waals surface area contributed by atoms with Crippen molar-refractivity contribution >= 4 is 23.1 Å². The summed E-state index contributed by atoms with van der Waals surface area (Å²) in [6.45, 7) is 4.89. The van der Waals surface area contributed by atoms with Crippen molar-refractivity contribution in [2.45, 2.75) is 26.2 Å². The zero-order chi connectivity index (χ0) is 14.4. The van der Waals surface area contributed by atoms with Crippen molar-refractivity contribution in [1.29, 1.82) is 0 Å². The number of nitrogens with one attached hydrogen (secondary N) is 2. The van der Waals surface area contributed by atoms with Crippen LogP contribution in [0.2, 0.25) is 0 Å². The van der Waals surface area contributed by atoms with Gasteiger partial charge in [-0.05, 0) is 35.4 Å². The lowest BCUT2D eigenvalue weighted by Crippen LogP contribution is -2.30. The lowest BCUT2D eigenvalue weighted by Gasteiger charge is -2.14. The molecule has 0 aliphatic heterocycles. The van der Waals surface area contributed by atoms with E-state index in [9.17, 15) is 4.79 Å². The SMILES string of the molecule is CC(C)c1ccccc1NC(=O)NCCc1cccs1. The van der Waals surface area contributed by atoms with Gasteiger partial charge in [0.2, 0.25) is 0 Å². The number of urea groups is 1. The minimum atomic E-state index is -0.144. The number of carbonyl (C=O) groups is 1. The second-order valence-corrected chi connectivity index (χ2v) is 5.98. The third kappa shape index (κ3) is 4.10. The standard InChI is InChI=1S/C16H20N2OS/c1-12(2)14-7-3-4-8-15(14)18-16(19)17-10-9-13-6-5-11-20-13/h3-8,11-12H,9-10H2,1-2H3,(H2,17,18,19). The maximum Gasteiger partial charge on any atom is 0.319 e. The van der Waals surface area contributed by atoms with Gasteiger partial charge >= 0.3 is 6.03 Å². The molecule has 4 heteroatoms. The number of para-hydroxylation sites is 1. The van der Waals surface area contributed by atoms with Crippen molar-refractivity contribution in [3.63, 3.8) is 0 Å². The van der Waals surface area contributed by atoms with E-state index in [0.717, 1.165) is 17.7 Å². The molecule has 2 aromatic rings. The first-order valence-corrected chi connectivity index (χ1v) is 7.71. The number of anilines is 1. The Hall–Kier alpha value is -1.81. The van der Waals surface area contributed by atoms with Gasteiger partial charge in [0, 0.05) is 17.1 Å². The third-order valence-corrected chi connectivity index (χ3v) is 4.00. The van der Waals surface area contributed by atoms with E-state index in [1.165, 1.54) is 4.88 Å². The zero-order valence-corrected chi connectivity index (χ0v) is 12.7. The van der Waals surface area contributed by atoms with Crippen molar-refractivity contribution in [2.24, 2.45) is 0 Å². The number of hydrogen-bond donors (Lipinski definition) is 2. The Balaban J connectivity index is 1.85. The van der Waals surface area contributed by atoms with Gasteiger partial charge in [-0.15, -0.1) is 11.3 Å². The van der Waals surface area contributed by atoms with E-state index < -0.39 is 0 Å². The molecule has 1 heterocycles. The highest BCUT2D eigenvalue weighted by atomic mass is 32.1. The molecule has 0 spiro atoms. The third-order valence-electron chi connectivity index (χ3n) is 3.07. The molecule has 2 rings (SSSR count). The van der Waals surface area contributed by atoms with Gasteiger partial charge in [0.25, 0.3) is 0 Å². The van der Waals surface area contributed by atoms with E-state index in [2.05, 4.69) is 30.5 Å². The molecule has 3 nitrogen and oxygen atoms in total. The van der Waals surface area contributed by atoms with Crippen LogP contribution in [-0.2, 0) is 6.42 Å². The Morgan fingerprint density at radius 1 is 1.20 bits per heavy atom. The Bertz CT molecular complexity index is 549. The highest BCUT2D eigenvalue weighted by molar-refractivity contribution is 7.09. The fourth-order valence-electron chi connectivity index (χ4n) is 2.03. The van der Waals surface area contributed by atoms with E-state index in [1.54, 1.807) is 11.3 Å². The summed E-state index contributed by atoms with van der Waals surface area (Å²) in [5.74, 6) is 0.387. The lowest BCUT2D eigenvalue weighted by atomic mass is 10.0. The maximum absolute atomic E-state index is 11.9. The summed E-state index contributed by atoms with van der Waals surface area (Å²) in [6.07, 6.45) is 0.872. The normalized spacial score (nSPS) is 10.6. The molecule has 2 N–H and O–H groups in total. The number of hydrogen-bond acceptors (Lipinski definition) is 2. The van der Waals surface area contributed by atoms with Crippen LogP contribution < -0.4 is 10.6 Å². The second-order valence-electron chi connectivity index (χ2n) is 4.95. The lowest BCUT2D eigenvalue weighted by molar-refractivity contribution is 0.252. The molecule has 20 heavy (non-hydrogen) atoms. The van der Waals surface area contributed by atoms with Gasteiger partial charge in [0.15, 0.2) is 0 Å². The van der Waals surface area contributed by atoms with Crippen LogP contribution in [0.15, 0.2) is 41.8 Å². The largest absolute Gasteiger partial charge is 0.338 e. The maximum atomic E-state index is 11.9. The molecule has 0 unspecified atom stereocenters. The van der Waals surface area contributed by atoms with E-state index in [0.29, 0.717) is 12.5 Å². The molecule has 1 aromatic carbocycles. The average Bonchev–Trinajstić information content (AvgIpc) is 2.92. The summed E-state index contributed by atoms with van der Waals surface area (Å²) in [6, 6.07) is 11.9. The van der Waals surface area contributed by atoms with Crippen LogP contribution in [0.25, 0.3) is 0 Å². The molecule has 1 aromatic heterocycles. The first-order chi connectivity index (χ1) is 9.66. The first-order valence-electron chi connectivity index (χ1n) is 6.83. The molecular formula is C16H20N2OS. The molecule has 0 aliphatic carbocycles. The molecule has 0 saturated heterocycles. The van der Waals surface area contributed by atoms with Crippen molar-refractivity contribution in [3.05, 3.63) is 52.2 Å². The van der Waals surface area contributed by atoms with Gasteiger partial charge in [-0.2, -0.15) is 0 Å². The molecular weight excluding hydrogens is 268 g/mol. The quantitative estimate of drug-likeness (QED) is 0.849. The Morgan fingerprint density at radius 2 is 2.00 bits per heavy atom. The Labute approximate surface area is 124 Å². The zero-order valence-electron chi connectivity index (χ0n) is 11.8. The molecule has 0 aliphatic rings. The first kappa shape index (κ1) is 14.6. The highest BCUT2D eigenvalue weighted by Gasteiger charge is 2.08. The van der Waals surface area contributed by atoms with Crippen LogP contribution in [-0.4, -0.2) is 12.6 Å². The van der Waals surface area contributed by atoms with Crippen molar-refractivity contribution < 1.29 is 4.79 Å². The molecule has 0 radical (unpaired) electrons. The van der Waals surface area contributed by atoms with Crippen LogP contribution in [0, 0.1) is 0 Å². The predicted octanol–water partition coefficient (Wildman–Crippen LogP) is 4.24. The minimum absolute atomic E-state index is 0.144. The fraction of sp³-hybridized carbons (Fsp3) is 0.312. The van der Waals surface area contributed by atoms with Gasteiger partial charge < -0.3 is 10.6 Å². The number of carbonyl (C=O) groups excluding carboxylic acids is 1. The Kier molecular flexibility index (Phi) is 5.18. The number of amides is 2. The van der Waals surface area contributed by atoms with Gasteiger partial charge in [-0.25, -0.2) is 4.79 Å². The van der Waals surface area contributed by atoms with Gasteiger partial charge in [-0.1, -0.05) is 38.1 Å². The number of thiophene rings is 1. The van der Waals surface area contributed by atoms with Gasteiger partial charge in [0.1, 0.15) is 0 Å². The monoisotopic (exact) mass is 288 g/mol. The molecule has 2 amide bonds. The smallest absolute Gasteiger partial charge is 0.319 e. The van der Waals surface area contributed by atoms with Crippen LogP contribution in [0.3, 0.4) is 0 Å². The molecule has 0 saturated carbocycles. The van der Waals surface area contributed by atoms with Crippen molar-refractivity contribution in [2.75, 3.05) is 11.9 Å². The summed E-state index contributed by atoms with van der Waals surface area (Å²) < 4.78 is 0. The summed E-state index contributed by atoms with van der Waals surface area (Å²) in [5, 5.41) is 7.87. The fourth-order valence-corrected chi connectivity index (χ4v) is 2.74. The summed E-state index contributed by atoms with van der Waals surface area (Å²) in [7, 11) is 0. The molecule has 0 fully saturated rings. The molecule has 106 valence electrons. The summed E-state index contributed by atoms with van der Waals surface area (Å²) in [4.78, 5) is 13.2. The van der Waals surface area contributed by atoms with Crippen LogP contribution in [0.1, 0.15) is 30.2 Å². The summed E-state index contributed by atoms with van der Waals surface area (Å²) >= 11 is 1.71. The predicted molar refractivity (Wildman–Crippen MR) is 85.6 cm³/mol. The Morgan fingerprint density at radius 3 is 2.70 bits per heavy atom. The van der Waals surface area contributed by atoms with Crippen LogP contribution >= 0.6 is 11.3 Å². The van der Waals surface area contributed by atoms with E-state index in [4.69, 9.17) is 0 Å². The molecule has 0 bridgehead atoms. The van der Waals surface area contributed by atoms with Crippen LogP contribution in [0.5, 0.6) is 0 Å². The summed E-state index contributed by atoms with van der Waals surface area (Å²) in [5.41, 5.74) is 2.04. The van der Waals surface area contributed by atoms with Crippen molar-refractivity contribution in [1.82, 2.24) is 5.32 Å². The minimum Gasteiger partial charge on any atom is -0.338 e. The van der Waals surface area contributed by atoms with Gasteiger partial charge in [0.05, 0.1) is 0 Å². The average molecular weight is 288 g/mol. The van der Waals surface area contributed by atoms with Gasteiger partial charge in [-0.3, -0.25) is 0 Å². The van der Waals surface area contributed by atoms with E-state index in [1.807, 2.05) is 35.7 Å². The topological polar surface area (TPSA) is 41.1 Å². The van der Waals surface area contributed by atoms with E-state index in [-0.39, 0.29) is 6.03 Å². The molecule has 0 atom stereocenters. The highest BCUT2D eigenvalue weighted by Crippen LogP contribution is 2.23. The van der Waals surface area contributed by atoms with Crippen LogP contribution in [0.4, 0.5) is 10.5 Å². The number of rotatable bonds is 5. The number of benzene rings is 1. The van der Waals surface area contributed by atoms with Crippen molar-refractivity contribution in [3.8, 4) is 0 Å². The van der Waals surface area contributed by atoms with E-state index >= 15 is 0 Å².